The summed E-state index contributed by atoms with van der Waals surface area (Å²) in [5.74, 6) is 0.0579. The molecule has 0 bridgehead atoms. The van der Waals surface area contributed by atoms with Crippen LogP contribution in [0.25, 0.3) is 0 Å². The first-order valence-electron chi connectivity index (χ1n) is 7.62. The molecule has 1 N–H and O–H groups in total. The second-order valence-electron chi connectivity index (χ2n) is 5.97. The van der Waals surface area contributed by atoms with Crippen molar-refractivity contribution in [1.29, 1.82) is 0 Å². The number of rotatable bonds is 6. The number of carbonyl (C=O) groups is 1. The van der Waals surface area contributed by atoms with E-state index in [4.69, 9.17) is 0 Å². The van der Waals surface area contributed by atoms with Crippen LogP contribution in [0.5, 0.6) is 0 Å². The minimum absolute atomic E-state index is 0.0579. The summed E-state index contributed by atoms with van der Waals surface area (Å²) in [7, 11) is 4.07. The SMILES string of the molecule is Cc1ccc(CCC(=O)Nc2cccc(CN(C)C)c2)cc1. The zero-order chi connectivity index (χ0) is 15.9. The molecule has 0 radical (unpaired) electrons. The molecule has 22 heavy (non-hydrogen) atoms. The predicted molar refractivity (Wildman–Crippen MR) is 92.0 cm³/mol. The molecule has 3 heteroatoms. The first-order valence-corrected chi connectivity index (χ1v) is 7.62. The number of aryl methyl sites for hydroxylation is 2. The van der Waals surface area contributed by atoms with Crippen LogP contribution in [0.15, 0.2) is 48.5 Å². The molecule has 0 saturated heterocycles. The molecule has 1 amide bonds. The summed E-state index contributed by atoms with van der Waals surface area (Å²) >= 11 is 0. The second-order valence-corrected chi connectivity index (χ2v) is 5.97. The van der Waals surface area contributed by atoms with Gasteiger partial charge in [0.05, 0.1) is 0 Å². The zero-order valence-electron chi connectivity index (χ0n) is 13.6. The third kappa shape index (κ3) is 5.34. The van der Waals surface area contributed by atoms with E-state index in [1.165, 1.54) is 16.7 Å². The van der Waals surface area contributed by atoms with Gasteiger partial charge in [0.1, 0.15) is 0 Å². The third-order valence-electron chi connectivity index (χ3n) is 3.47. The van der Waals surface area contributed by atoms with Gasteiger partial charge < -0.3 is 10.2 Å². The highest BCUT2D eigenvalue weighted by Crippen LogP contribution is 2.13. The fraction of sp³-hybridized carbons (Fsp3) is 0.316. The van der Waals surface area contributed by atoms with E-state index < -0.39 is 0 Å². The van der Waals surface area contributed by atoms with Crippen molar-refractivity contribution < 1.29 is 4.79 Å². The fourth-order valence-corrected chi connectivity index (χ4v) is 2.35. The second kappa shape index (κ2) is 7.76. The van der Waals surface area contributed by atoms with E-state index in [2.05, 4.69) is 47.5 Å². The highest BCUT2D eigenvalue weighted by atomic mass is 16.1. The Hall–Kier alpha value is -2.13. The van der Waals surface area contributed by atoms with Gasteiger partial charge in [-0.05, 0) is 50.7 Å². The molecule has 0 aromatic heterocycles. The summed E-state index contributed by atoms with van der Waals surface area (Å²) < 4.78 is 0. The van der Waals surface area contributed by atoms with E-state index in [-0.39, 0.29) is 5.91 Å². The van der Waals surface area contributed by atoms with Crippen LogP contribution in [-0.2, 0) is 17.8 Å². The van der Waals surface area contributed by atoms with Gasteiger partial charge in [0.2, 0.25) is 5.91 Å². The van der Waals surface area contributed by atoms with Gasteiger partial charge in [-0.1, -0.05) is 42.0 Å². The molecule has 0 fully saturated rings. The van der Waals surface area contributed by atoms with Gasteiger partial charge >= 0.3 is 0 Å². The number of hydrogen-bond donors (Lipinski definition) is 1. The van der Waals surface area contributed by atoms with Gasteiger partial charge in [-0.3, -0.25) is 4.79 Å². The van der Waals surface area contributed by atoms with Crippen LogP contribution >= 0.6 is 0 Å². The Morgan fingerprint density at radius 2 is 1.77 bits per heavy atom. The maximum absolute atomic E-state index is 12.1. The Balaban J connectivity index is 1.87. The molecular formula is C19H24N2O. The molecule has 0 aliphatic carbocycles. The van der Waals surface area contributed by atoms with Crippen molar-refractivity contribution >= 4 is 11.6 Å². The van der Waals surface area contributed by atoms with Crippen LogP contribution in [0.3, 0.4) is 0 Å². The molecule has 0 aliphatic heterocycles. The molecule has 2 aromatic carbocycles. The first kappa shape index (κ1) is 16.2. The lowest BCUT2D eigenvalue weighted by molar-refractivity contribution is -0.116. The summed E-state index contributed by atoms with van der Waals surface area (Å²) in [6.45, 7) is 2.93. The summed E-state index contributed by atoms with van der Waals surface area (Å²) in [4.78, 5) is 14.2. The first-order chi connectivity index (χ1) is 10.5. The molecular weight excluding hydrogens is 272 g/mol. The smallest absolute Gasteiger partial charge is 0.224 e. The maximum Gasteiger partial charge on any atom is 0.224 e. The molecule has 2 aromatic rings. The Morgan fingerprint density at radius 3 is 2.45 bits per heavy atom. The molecule has 0 saturated carbocycles. The minimum atomic E-state index is 0.0579. The van der Waals surface area contributed by atoms with Crippen LogP contribution in [0.4, 0.5) is 5.69 Å². The van der Waals surface area contributed by atoms with Crippen molar-refractivity contribution in [2.75, 3.05) is 19.4 Å². The normalized spacial score (nSPS) is 10.7. The van der Waals surface area contributed by atoms with Crippen molar-refractivity contribution in [3.63, 3.8) is 0 Å². The topological polar surface area (TPSA) is 32.3 Å². The monoisotopic (exact) mass is 296 g/mol. The van der Waals surface area contributed by atoms with Gasteiger partial charge in [-0.2, -0.15) is 0 Å². The van der Waals surface area contributed by atoms with Crippen molar-refractivity contribution in [2.24, 2.45) is 0 Å². The molecule has 0 atom stereocenters. The quantitative estimate of drug-likeness (QED) is 0.883. The maximum atomic E-state index is 12.1. The fourth-order valence-electron chi connectivity index (χ4n) is 2.35. The van der Waals surface area contributed by atoms with Crippen LogP contribution in [0.1, 0.15) is 23.1 Å². The van der Waals surface area contributed by atoms with Crippen LogP contribution in [-0.4, -0.2) is 24.9 Å². The number of benzene rings is 2. The van der Waals surface area contributed by atoms with E-state index in [0.717, 1.165) is 18.7 Å². The summed E-state index contributed by atoms with van der Waals surface area (Å²) in [5, 5.41) is 2.98. The molecule has 0 heterocycles. The average Bonchev–Trinajstić information content (AvgIpc) is 2.46. The highest BCUT2D eigenvalue weighted by Gasteiger charge is 2.04. The summed E-state index contributed by atoms with van der Waals surface area (Å²) in [6.07, 6.45) is 1.27. The van der Waals surface area contributed by atoms with Crippen molar-refractivity contribution in [1.82, 2.24) is 4.90 Å². The summed E-state index contributed by atoms with van der Waals surface area (Å²) in [6, 6.07) is 16.3. The Kier molecular flexibility index (Phi) is 5.73. The van der Waals surface area contributed by atoms with Crippen molar-refractivity contribution in [2.45, 2.75) is 26.3 Å². The third-order valence-corrected chi connectivity index (χ3v) is 3.47. The standard InChI is InChI=1S/C19H24N2O/c1-15-7-9-16(10-8-15)11-12-19(22)20-18-6-4-5-17(13-18)14-21(2)3/h4-10,13H,11-12,14H2,1-3H3,(H,20,22). The molecule has 0 unspecified atom stereocenters. The molecule has 2 rings (SSSR count). The van der Waals surface area contributed by atoms with Gasteiger partial charge in [-0.25, -0.2) is 0 Å². The van der Waals surface area contributed by atoms with E-state index in [1.54, 1.807) is 0 Å². The van der Waals surface area contributed by atoms with Crippen molar-refractivity contribution in [3.8, 4) is 0 Å². The Labute approximate surface area is 133 Å². The minimum Gasteiger partial charge on any atom is -0.326 e. The van der Waals surface area contributed by atoms with Crippen LogP contribution in [0.2, 0.25) is 0 Å². The van der Waals surface area contributed by atoms with Gasteiger partial charge in [0.15, 0.2) is 0 Å². The van der Waals surface area contributed by atoms with Crippen LogP contribution in [0, 0.1) is 6.92 Å². The van der Waals surface area contributed by atoms with Crippen molar-refractivity contribution in [3.05, 3.63) is 65.2 Å². The Morgan fingerprint density at radius 1 is 1.05 bits per heavy atom. The molecule has 3 nitrogen and oxygen atoms in total. The number of nitrogens with one attached hydrogen (secondary N) is 1. The van der Waals surface area contributed by atoms with E-state index >= 15 is 0 Å². The number of nitrogens with zero attached hydrogens (tertiary/aromatic N) is 1. The van der Waals surface area contributed by atoms with Gasteiger partial charge in [0.25, 0.3) is 0 Å². The molecule has 0 aliphatic rings. The average molecular weight is 296 g/mol. The lowest BCUT2D eigenvalue weighted by Gasteiger charge is -2.11. The molecule has 116 valence electrons. The number of anilines is 1. The van der Waals surface area contributed by atoms with E-state index in [1.807, 2.05) is 32.3 Å². The largest absolute Gasteiger partial charge is 0.326 e. The van der Waals surface area contributed by atoms with Gasteiger partial charge in [-0.15, -0.1) is 0 Å². The van der Waals surface area contributed by atoms with E-state index in [0.29, 0.717) is 6.42 Å². The van der Waals surface area contributed by atoms with E-state index in [9.17, 15) is 4.79 Å². The summed E-state index contributed by atoms with van der Waals surface area (Å²) in [5.41, 5.74) is 4.50. The van der Waals surface area contributed by atoms with Crippen LogP contribution < -0.4 is 5.32 Å². The highest BCUT2D eigenvalue weighted by molar-refractivity contribution is 5.90. The number of hydrogen-bond acceptors (Lipinski definition) is 2. The molecule has 0 spiro atoms. The lowest BCUT2D eigenvalue weighted by atomic mass is 10.1. The Bertz CT molecular complexity index is 618. The lowest BCUT2D eigenvalue weighted by Crippen LogP contribution is -2.14. The zero-order valence-corrected chi connectivity index (χ0v) is 13.6. The van der Waals surface area contributed by atoms with Gasteiger partial charge in [0, 0.05) is 18.7 Å². The number of amides is 1. The number of carbonyl (C=O) groups excluding carboxylic acids is 1. The predicted octanol–water partition coefficient (Wildman–Crippen LogP) is 3.63.